The number of fused-ring (bicyclic) bond motifs is 3. The Morgan fingerprint density at radius 3 is 2.58 bits per heavy atom. The summed E-state index contributed by atoms with van der Waals surface area (Å²) in [5.74, 6) is -1.87. The number of ether oxygens (including phenoxy) is 2. The minimum Gasteiger partial charge on any atom is -0.493 e. The van der Waals surface area contributed by atoms with Crippen LogP contribution in [0, 0.1) is 11.7 Å². The molecule has 0 unspecified atom stereocenters. The number of hydrogen-bond donors (Lipinski definition) is 4. The van der Waals surface area contributed by atoms with E-state index in [1.165, 1.54) is 24.2 Å². The summed E-state index contributed by atoms with van der Waals surface area (Å²) in [7, 11) is 1.45. The molecular weight excluding hydrogens is 495 g/mol. The number of carbonyl (C=O) groups excluding carboxylic acids is 2. The van der Waals surface area contributed by atoms with Gasteiger partial charge in [0, 0.05) is 35.7 Å². The maximum atomic E-state index is 14.6. The number of hydrogen-bond acceptors (Lipinski definition) is 7. The van der Waals surface area contributed by atoms with E-state index in [1.54, 1.807) is 44.2 Å². The highest BCUT2D eigenvalue weighted by Crippen LogP contribution is 2.51. The molecule has 10 heteroatoms. The molecule has 4 atom stereocenters. The molecule has 1 aliphatic heterocycles. The molecule has 2 amide bonds. The Morgan fingerprint density at radius 1 is 1.21 bits per heavy atom. The highest BCUT2D eigenvalue weighted by Gasteiger charge is 2.51. The van der Waals surface area contributed by atoms with Crippen LogP contribution in [0.2, 0.25) is 0 Å². The number of methoxy groups -OCH3 is 1. The predicted molar refractivity (Wildman–Crippen MR) is 136 cm³/mol. The molecule has 9 nitrogen and oxygen atoms in total. The number of halogens is 1. The SMILES string of the molecule is COc1cc(CO)cc2c1O[C@@H]1[C@@H](O)[C@H](N(Cc3ccccc3F)C(=O)C(C)C)C=C(C(=O)NCCO)[C@H]21. The third-order valence-corrected chi connectivity index (χ3v) is 6.93. The van der Waals surface area contributed by atoms with Crippen molar-refractivity contribution in [3.63, 3.8) is 0 Å². The molecule has 0 saturated carbocycles. The fraction of sp³-hybridized carbons (Fsp3) is 0.429. The van der Waals surface area contributed by atoms with Crippen LogP contribution in [-0.4, -0.2) is 70.5 Å². The van der Waals surface area contributed by atoms with Crippen molar-refractivity contribution in [2.24, 2.45) is 5.92 Å². The molecule has 0 radical (unpaired) electrons. The van der Waals surface area contributed by atoms with Gasteiger partial charge in [0.1, 0.15) is 18.0 Å². The van der Waals surface area contributed by atoms with Crippen LogP contribution in [-0.2, 0) is 22.7 Å². The Balaban J connectivity index is 1.84. The number of aliphatic hydroxyl groups is 3. The van der Waals surface area contributed by atoms with Crippen molar-refractivity contribution in [1.82, 2.24) is 10.2 Å². The van der Waals surface area contributed by atoms with Gasteiger partial charge in [-0.3, -0.25) is 9.59 Å². The van der Waals surface area contributed by atoms with Gasteiger partial charge in [0.2, 0.25) is 11.8 Å². The van der Waals surface area contributed by atoms with Crippen molar-refractivity contribution in [3.05, 3.63) is 70.6 Å². The van der Waals surface area contributed by atoms with Gasteiger partial charge in [-0.15, -0.1) is 0 Å². The van der Waals surface area contributed by atoms with Crippen LogP contribution in [0.4, 0.5) is 4.39 Å². The highest BCUT2D eigenvalue weighted by atomic mass is 19.1. The zero-order chi connectivity index (χ0) is 27.6. The Kier molecular flexibility index (Phi) is 8.35. The van der Waals surface area contributed by atoms with E-state index >= 15 is 0 Å². The Bertz CT molecular complexity index is 1230. The first kappa shape index (κ1) is 27.6. The molecule has 2 aromatic carbocycles. The molecule has 1 aliphatic carbocycles. The molecule has 0 fully saturated rings. The van der Waals surface area contributed by atoms with Gasteiger partial charge in [0.15, 0.2) is 11.5 Å². The number of rotatable bonds is 9. The number of aliphatic hydroxyl groups excluding tert-OH is 3. The number of benzene rings is 2. The average Bonchev–Trinajstić information content (AvgIpc) is 3.31. The van der Waals surface area contributed by atoms with E-state index in [4.69, 9.17) is 9.47 Å². The summed E-state index contributed by atoms with van der Waals surface area (Å²) in [5, 5.41) is 33.3. The number of nitrogens with zero attached hydrogens (tertiary/aromatic N) is 1. The van der Waals surface area contributed by atoms with E-state index in [1.807, 2.05) is 0 Å². The molecular formula is C28H33FN2O7. The molecule has 1 heterocycles. The van der Waals surface area contributed by atoms with Crippen LogP contribution < -0.4 is 14.8 Å². The van der Waals surface area contributed by atoms with Crippen molar-refractivity contribution >= 4 is 11.8 Å². The summed E-state index contributed by atoms with van der Waals surface area (Å²) in [6.07, 6.45) is -0.727. The Morgan fingerprint density at radius 2 is 1.95 bits per heavy atom. The number of carbonyl (C=O) groups is 2. The molecule has 0 bridgehead atoms. The summed E-state index contributed by atoms with van der Waals surface area (Å²) < 4.78 is 26.3. The van der Waals surface area contributed by atoms with Crippen LogP contribution in [0.25, 0.3) is 0 Å². The minimum absolute atomic E-state index is 0.00163. The lowest BCUT2D eigenvalue weighted by Crippen LogP contribution is -2.56. The average molecular weight is 529 g/mol. The van der Waals surface area contributed by atoms with E-state index in [9.17, 15) is 29.3 Å². The van der Waals surface area contributed by atoms with E-state index in [0.29, 0.717) is 22.6 Å². The lowest BCUT2D eigenvalue weighted by molar-refractivity contribution is -0.141. The zero-order valence-corrected chi connectivity index (χ0v) is 21.6. The zero-order valence-electron chi connectivity index (χ0n) is 21.6. The second kappa shape index (κ2) is 11.5. The summed E-state index contributed by atoms with van der Waals surface area (Å²) in [6.45, 7) is 2.72. The maximum absolute atomic E-state index is 14.6. The van der Waals surface area contributed by atoms with E-state index in [-0.39, 0.29) is 43.3 Å². The van der Waals surface area contributed by atoms with Gasteiger partial charge < -0.3 is 35.0 Å². The molecule has 2 aromatic rings. The Hall–Kier alpha value is -3.47. The number of amides is 2. The van der Waals surface area contributed by atoms with Gasteiger partial charge in [0.25, 0.3) is 0 Å². The monoisotopic (exact) mass is 528 g/mol. The van der Waals surface area contributed by atoms with Crippen molar-refractivity contribution in [2.45, 2.75) is 51.2 Å². The fourth-order valence-electron chi connectivity index (χ4n) is 5.09. The normalized spacial score (nSPS) is 21.7. The van der Waals surface area contributed by atoms with Crippen LogP contribution in [0.5, 0.6) is 11.5 Å². The van der Waals surface area contributed by atoms with Crippen LogP contribution in [0.15, 0.2) is 48.0 Å². The third-order valence-electron chi connectivity index (χ3n) is 6.93. The van der Waals surface area contributed by atoms with Gasteiger partial charge in [-0.1, -0.05) is 32.0 Å². The smallest absolute Gasteiger partial charge is 0.247 e. The number of nitrogens with one attached hydrogen (secondary N) is 1. The van der Waals surface area contributed by atoms with E-state index < -0.39 is 41.8 Å². The summed E-state index contributed by atoms with van der Waals surface area (Å²) in [6, 6.07) is 8.37. The molecule has 4 N–H and O–H groups in total. The molecule has 38 heavy (non-hydrogen) atoms. The lowest BCUT2D eigenvalue weighted by atomic mass is 9.77. The molecule has 0 saturated heterocycles. The quantitative estimate of drug-likeness (QED) is 0.390. The largest absolute Gasteiger partial charge is 0.493 e. The van der Waals surface area contributed by atoms with Crippen molar-refractivity contribution in [1.29, 1.82) is 0 Å². The first-order valence-electron chi connectivity index (χ1n) is 12.5. The molecule has 0 aromatic heterocycles. The topological polar surface area (TPSA) is 129 Å². The van der Waals surface area contributed by atoms with Crippen LogP contribution >= 0.6 is 0 Å². The second-order valence-corrected chi connectivity index (χ2v) is 9.73. The summed E-state index contributed by atoms with van der Waals surface area (Å²) in [5.41, 5.74) is 1.58. The Labute approximate surface area is 220 Å². The second-order valence-electron chi connectivity index (χ2n) is 9.73. The molecule has 4 rings (SSSR count). The molecule has 2 aliphatic rings. The van der Waals surface area contributed by atoms with Gasteiger partial charge >= 0.3 is 0 Å². The minimum atomic E-state index is -1.28. The fourth-order valence-corrected chi connectivity index (χ4v) is 5.09. The maximum Gasteiger partial charge on any atom is 0.247 e. The van der Waals surface area contributed by atoms with Gasteiger partial charge in [-0.05, 0) is 29.8 Å². The van der Waals surface area contributed by atoms with Gasteiger partial charge in [-0.2, -0.15) is 0 Å². The first-order valence-corrected chi connectivity index (χ1v) is 12.5. The van der Waals surface area contributed by atoms with Gasteiger partial charge in [-0.25, -0.2) is 4.39 Å². The molecule has 204 valence electrons. The van der Waals surface area contributed by atoms with Crippen molar-refractivity contribution in [2.75, 3.05) is 20.3 Å². The van der Waals surface area contributed by atoms with Crippen molar-refractivity contribution < 1.29 is 38.8 Å². The summed E-state index contributed by atoms with van der Waals surface area (Å²) in [4.78, 5) is 28.1. The molecule has 0 spiro atoms. The van der Waals surface area contributed by atoms with E-state index in [2.05, 4.69) is 5.32 Å². The van der Waals surface area contributed by atoms with Crippen LogP contribution in [0.3, 0.4) is 0 Å². The summed E-state index contributed by atoms with van der Waals surface area (Å²) >= 11 is 0. The van der Waals surface area contributed by atoms with Crippen molar-refractivity contribution in [3.8, 4) is 11.5 Å². The van der Waals surface area contributed by atoms with E-state index in [0.717, 1.165) is 0 Å². The lowest BCUT2D eigenvalue weighted by Gasteiger charge is -2.41. The standard InChI is InChI=1S/C28H33FN2O7/c1-15(2)28(36)31(13-17-6-4-5-7-20(17)29)21-12-19(27(35)30-8-9-32)23-18-10-16(14-33)11-22(37-3)25(18)38-26(23)24(21)34/h4-7,10-12,15,21,23-24,26,32-34H,8-9,13-14H2,1-3H3,(H,30,35)/t21-,23+,24+,26+/m1/s1. The highest BCUT2D eigenvalue weighted by molar-refractivity contribution is 5.96. The third kappa shape index (κ3) is 5.11. The predicted octanol–water partition coefficient (Wildman–Crippen LogP) is 1.63. The first-order chi connectivity index (χ1) is 18.2. The van der Waals surface area contributed by atoms with Crippen LogP contribution in [0.1, 0.15) is 36.5 Å². The van der Waals surface area contributed by atoms with Gasteiger partial charge in [0.05, 0.1) is 32.3 Å².